The van der Waals surface area contributed by atoms with E-state index in [0.717, 1.165) is 13.0 Å². The predicted molar refractivity (Wildman–Crippen MR) is 79.4 cm³/mol. The summed E-state index contributed by atoms with van der Waals surface area (Å²) in [7, 11) is 0. The molecule has 1 aromatic heterocycles. The van der Waals surface area contributed by atoms with Crippen molar-refractivity contribution in [3.05, 3.63) is 22.4 Å². The van der Waals surface area contributed by atoms with Crippen LogP contribution in [0.3, 0.4) is 0 Å². The van der Waals surface area contributed by atoms with Crippen molar-refractivity contribution in [1.29, 1.82) is 0 Å². The van der Waals surface area contributed by atoms with E-state index in [0.29, 0.717) is 19.6 Å². The number of carbonyl (C=O) groups is 1. The maximum atomic E-state index is 11.8. The van der Waals surface area contributed by atoms with E-state index in [9.17, 15) is 9.90 Å². The van der Waals surface area contributed by atoms with Crippen LogP contribution in [0, 0.1) is 0 Å². The number of likely N-dealkylation sites (N-methyl/N-ethyl adjacent to an activating group) is 1. The van der Waals surface area contributed by atoms with E-state index in [1.54, 1.807) is 25.2 Å². The molecule has 0 spiro atoms. The van der Waals surface area contributed by atoms with Crippen molar-refractivity contribution in [2.75, 3.05) is 26.2 Å². The highest BCUT2D eigenvalue weighted by atomic mass is 32.1. The van der Waals surface area contributed by atoms with Gasteiger partial charge in [0.25, 0.3) is 0 Å². The number of thiophene rings is 1. The Labute approximate surface area is 119 Å². The van der Waals surface area contributed by atoms with Gasteiger partial charge in [-0.3, -0.25) is 9.69 Å². The number of hydrogen-bond acceptors (Lipinski definition) is 4. The monoisotopic (exact) mass is 284 g/mol. The van der Waals surface area contributed by atoms with Gasteiger partial charge in [0.15, 0.2) is 0 Å². The molecule has 0 radical (unpaired) electrons. The van der Waals surface area contributed by atoms with Crippen molar-refractivity contribution in [1.82, 2.24) is 10.2 Å². The molecule has 4 nitrogen and oxygen atoms in total. The minimum Gasteiger partial charge on any atom is -0.389 e. The van der Waals surface area contributed by atoms with Crippen LogP contribution in [-0.2, 0) is 11.2 Å². The lowest BCUT2D eigenvalue weighted by molar-refractivity contribution is -0.122. The molecule has 0 aliphatic heterocycles. The van der Waals surface area contributed by atoms with Crippen LogP contribution >= 0.6 is 11.3 Å². The molecule has 108 valence electrons. The first-order valence-corrected chi connectivity index (χ1v) is 7.52. The van der Waals surface area contributed by atoms with Crippen LogP contribution in [0.15, 0.2) is 17.5 Å². The Balaban J connectivity index is 2.25. The molecule has 0 saturated carbocycles. The van der Waals surface area contributed by atoms with Gasteiger partial charge in [0, 0.05) is 18.0 Å². The third-order valence-electron chi connectivity index (χ3n) is 2.70. The fourth-order valence-corrected chi connectivity index (χ4v) is 2.57. The topological polar surface area (TPSA) is 52.6 Å². The Morgan fingerprint density at radius 3 is 2.79 bits per heavy atom. The normalized spacial score (nSPS) is 11.8. The lowest BCUT2D eigenvalue weighted by atomic mass is 10.1. The Bertz CT molecular complexity index is 371. The van der Waals surface area contributed by atoms with Crippen LogP contribution < -0.4 is 5.32 Å². The second-order valence-electron chi connectivity index (χ2n) is 5.30. The zero-order valence-corrected chi connectivity index (χ0v) is 12.8. The maximum Gasteiger partial charge on any atom is 0.234 e. The van der Waals surface area contributed by atoms with Gasteiger partial charge in [-0.25, -0.2) is 0 Å². The van der Waals surface area contributed by atoms with Gasteiger partial charge in [-0.15, -0.1) is 11.3 Å². The molecule has 0 fully saturated rings. The first-order chi connectivity index (χ1) is 8.90. The zero-order valence-electron chi connectivity index (χ0n) is 12.0. The average molecular weight is 284 g/mol. The number of amides is 1. The van der Waals surface area contributed by atoms with Gasteiger partial charge in [-0.1, -0.05) is 13.0 Å². The molecule has 0 unspecified atom stereocenters. The van der Waals surface area contributed by atoms with Crippen LogP contribution in [0.2, 0.25) is 0 Å². The quantitative estimate of drug-likeness (QED) is 0.760. The van der Waals surface area contributed by atoms with Gasteiger partial charge < -0.3 is 10.4 Å². The van der Waals surface area contributed by atoms with Crippen molar-refractivity contribution in [3.8, 4) is 0 Å². The third-order valence-corrected chi connectivity index (χ3v) is 3.63. The van der Waals surface area contributed by atoms with Gasteiger partial charge in [0.05, 0.1) is 12.1 Å². The van der Waals surface area contributed by atoms with Crippen molar-refractivity contribution >= 4 is 17.2 Å². The highest BCUT2D eigenvalue weighted by Gasteiger charge is 2.18. The van der Waals surface area contributed by atoms with E-state index < -0.39 is 5.60 Å². The fraction of sp³-hybridized carbons (Fsp3) is 0.643. The van der Waals surface area contributed by atoms with E-state index >= 15 is 0 Å². The molecular formula is C14H24N2O2S. The predicted octanol–water partition coefficient (Wildman–Crippen LogP) is 1.50. The SMILES string of the molecule is CCN(CC(=O)NCCc1cccs1)CC(C)(C)O. The number of carbonyl (C=O) groups excluding carboxylic acids is 1. The van der Waals surface area contributed by atoms with Gasteiger partial charge in [-0.2, -0.15) is 0 Å². The fourth-order valence-electron chi connectivity index (χ4n) is 1.87. The van der Waals surface area contributed by atoms with Crippen LogP contribution in [0.25, 0.3) is 0 Å². The van der Waals surface area contributed by atoms with Crippen LogP contribution in [0.5, 0.6) is 0 Å². The molecule has 2 N–H and O–H groups in total. The largest absolute Gasteiger partial charge is 0.389 e. The second-order valence-corrected chi connectivity index (χ2v) is 6.33. The van der Waals surface area contributed by atoms with Crippen molar-refractivity contribution in [3.63, 3.8) is 0 Å². The average Bonchev–Trinajstić information content (AvgIpc) is 2.79. The summed E-state index contributed by atoms with van der Waals surface area (Å²) in [5.74, 6) is 0.0163. The molecule has 0 aliphatic carbocycles. The summed E-state index contributed by atoms with van der Waals surface area (Å²) < 4.78 is 0. The summed E-state index contributed by atoms with van der Waals surface area (Å²) in [5.41, 5.74) is -0.771. The number of hydrogen-bond donors (Lipinski definition) is 2. The van der Waals surface area contributed by atoms with Crippen molar-refractivity contribution in [2.45, 2.75) is 32.8 Å². The van der Waals surface area contributed by atoms with E-state index in [1.165, 1.54) is 4.88 Å². The second kappa shape index (κ2) is 7.62. The molecule has 0 bridgehead atoms. The Hall–Kier alpha value is -0.910. The van der Waals surface area contributed by atoms with Gasteiger partial charge in [0.1, 0.15) is 0 Å². The first-order valence-electron chi connectivity index (χ1n) is 6.64. The summed E-state index contributed by atoms with van der Waals surface area (Å²) in [6.45, 7) is 7.76. The first kappa shape index (κ1) is 16.1. The minimum absolute atomic E-state index is 0.0163. The summed E-state index contributed by atoms with van der Waals surface area (Å²) in [4.78, 5) is 15.0. The molecule has 1 aromatic rings. The van der Waals surface area contributed by atoms with Crippen molar-refractivity contribution in [2.24, 2.45) is 0 Å². The molecule has 5 heteroatoms. The number of nitrogens with one attached hydrogen (secondary N) is 1. The number of rotatable bonds is 8. The number of aliphatic hydroxyl groups is 1. The summed E-state index contributed by atoms with van der Waals surface area (Å²) in [5, 5.41) is 14.7. The third kappa shape index (κ3) is 7.30. The van der Waals surface area contributed by atoms with Crippen LogP contribution in [0.4, 0.5) is 0 Å². The number of nitrogens with zero attached hydrogens (tertiary/aromatic N) is 1. The summed E-state index contributed by atoms with van der Waals surface area (Å²) in [6.07, 6.45) is 0.876. The lowest BCUT2D eigenvalue weighted by Crippen LogP contribution is -2.44. The van der Waals surface area contributed by atoms with Crippen molar-refractivity contribution < 1.29 is 9.90 Å². The van der Waals surface area contributed by atoms with Gasteiger partial charge in [-0.05, 0) is 38.3 Å². The van der Waals surface area contributed by atoms with E-state index in [2.05, 4.69) is 11.4 Å². The highest BCUT2D eigenvalue weighted by molar-refractivity contribution is 7.09. The standard InChI is InChI=1S/C14H24N2O2S/c1-4-16(11-14(2,3)18)10-13(17)15-8-7-12-6-5-9-19-12/h5-6,9,18H,4,7-8,10-11H2,1-3H3,(H,15,17). The zero-order chi connectivity index (χ0) is 14.3. The van der Waals surface area contributed by atoms with E-state index in [1.807, 2.05) is 23.3 Å². The molecule has 1 rings (SSSR count). The molecule has 0 saturated heterocycles. The Morgan fingerprint density at radius 2 is 2.26 bits per heavy atom. The highest BCUT2D eigenvalue weighted by Crippen LogP contribution is 2.08. The molecule has 0 atom stereocenters. The minimum atomic E-state index is -0.771. The Kier molecular flexibility index (Phi) is 6.48. The Morgan fingerprint density at radius 1 is 1.53 bits per heavy atom. The molecule has 0 aromatic carbocycles. The van der Waals surface area contributed by atoms with E-state index in [-0.39, 0.29) is 5.91 Å². The van der Waals surface area contributed by atoms with Crippen LogP contribution in [-0.4, -0.2) is 47.7 Å². The molecule has 1 heterocycles. The summed E-state index contributed by atoms with van der Waals surface area (Å²) >= 11 is 1.71. The van der Waals surface area contributed by atoms with Gasteiger partial charge in [0.2, 0.25) is 5.91 Å². The molecule has 1 amide bonds. The molecule has 0 aliphatic rings. The summed E-state index contributed by atoms with van der Waals surface area (Å²) in [6, 6.07) is 4.09. The van der Waals surface area contributed by atoms with Gasteiger partial charge >= 0.3 is 0 Å². The molecular weight excluding hydrogens is 260 g/mol. The molecule has 19 heavy (non-hydrogen) atoms. The van der Waals surface area contributed by atoms with Crippen LogP contribution in [0.1, 0.15) is 25.6 Å². The van der Waals surface area contributed by atoms with E-state index in [4.69, 9.17) is 0 Å². The maximum absolute atomic E-state index is 11.8. The smallest absolute Gasteiger partial charge is 0.234 e. The lowest BCUT2D eigenvalue weighted by Gasteiger charge is -2.27.